The fourth-order valence-corrected chi connectivity index (χ4v) is 7.73. The Bertz CT molecular complexity index is 1760. The third-order valence-corrected chi connectivity index (χ3v) is 9.55. The largest absolute Gasteiger partial charge is 0.307 e. The number of aromatic nitrogens is 2. The van der Waals surface area contributed by atoms with Gasteiger partial charge < -0.3 is 4.40 Å². The lowest BCUT2D eigenvalue weighted by Crippen LogP contribution is -2.39. The molecule has 0 aliphatic heterocycles. The quantitative estimate of drug-likeness (QED) is 0.111. The summed E-state index contributed by atoms with van der Waals surface area (Å²) in [6, 6.07) is 19.0. The molecule has 0 saturated heterocycles. The molecule has 0 unspecified atom stereocenters. The molecule has 0 spiro atoms. The van der Waals surface area contributed by atoms with Crippen molar-refractivity contribution in [3.05, 3.63) is 65.9 Å². The Balaban J connectivity index is 1.92. The predicted octanol–water partition coefficient (Wildman–Crippen LogP) is 7.26. The number of pyridine rings is 2. The highest BCUT2D eigenvalue weighted by atomic mass is 28.3. The summed E-state index contributed by atoms with van der Waals surface area (Å²) in [4.78, 5) is 0. The number of hydrogen-bond donors (Lipinski definition) is 0. The molecular formula is C31H35N2Si+. The first-order valence-electron chi connectivity index (χ1n) is 12.5. The second-order valence-corrected chi connectivity index (χ2v) is 17.6. The van der Waals surface area contributed by atoms with Crippen LogP contribution in [0.1, 0.15) is 31.9 Å². The lowest BCUT2D eigenvalue weighted by Gasteiger charge is -2.21. The van der Waals surface area contributed by atoms with Crippen molar-refractivity contribution in [2.45, 2.75) is 53.8 Å². The maximum Gasteiger partial charge on any atom is 0.224 e. The van der Waals surface area contributed by atoms with Crippen LogP contribution in [0.15, 0.2) is 54.7 Å². The van der Waals surface area contributed by atoms with Gasteiger partial charge >= 0.3 is 0 Å². The van der Waals surface area contributed by atoms with Gasteiger partial charge in [0.25, 0.3) is 0 Å². The minimum absolute atomic E-state index is 0.260. The average molecular weight is 464 g/mol. The summed E-state index contributed by atoms with van der Waals surface area (Å²) < 4.78 is 4.91. The molecule has 0 bridgehead atoms. The zero-order valence-corrected chi connectivity index (χ0v) is 22.8. The number of benzene rings is 3. The Labute approximate surface area is 203 Å². The summed E-state index contributed by atoms with van der Waals surface area (Å²) in [5.74, 6) is 0. The van der Waals surface area contributed by atoms with E-state index in [9.17, 15) is 0 Å². The fourth-order valence-electron chi connectivity index (χ4n) is 6.13. The normalized spacial score (nSPS) is 13.4. The first-order chi connectivity index (χ1) is 16.0. The highest BCUT2D eigenvalue weighted by Crippen LogP contribution is 2.41. The SMILES string of the molecule is Cc1ccc2c3ccc(CC(C)(C)C)cc3n3c4ccc([Si](C)(C)C)c5cc[n+](C)c(c1c23)c54. The van der Waals surface area contributed by atoms with E-state index in [1.54, 1.807) is 5.19 Å². The van der Waals surface area contributed by atoms with Crippen LogP contribution in [0, 0.1) is 12.3 Å². The van der Waals surface area contributed by atoms with Gasteiger partial charge in [-0.25, -0.2) is 4.57 Å². The van der Waals surface area contributed by atoms with E-state index in [0.717, 1.165) is 6.42 Å². The van der Waals surface area contributed by atoms with Gasteiger partial charge in [-0.3, -0.25) is 0 Å². The first-order valence-corrected chi connectivity index (χ1v) is 16.0. The summed E-state index contributed by atoms with van der Waals surface area (Å²) in [7, 11) is 0.697. The van der Waals surface area contributed by atoms with Gasteiger partial charge in [0.2, 0.25) is 5.52 Å². The zero-order chi connectivity index (χ0) is 24.2. The Hall–Kier alpha value is -2.91. The van der Waals surface area contributed by atoms with Gasteiger partial charge in [-0.1, -0.05) is 75.9 Å². The van der Waals surface area contributed by atoms with E-state index in [-0.39, 0.29) is 5.41 Å². The number of rotatable bonds is 2. The van der Waals surface area contributed by atoms with Gasteiger partial charge in [0.15, 0.2) is 6.20 Å². The van der Waals surface area contributed by atoms with Crippen LogP contribution in [-0.4, -0.2) is 12.5 Å². The number of aryl methyl sites for hydroxylation is 2. The first kappa shape index (κ1) is 21.6. The van der Waals surface area contributed by atoms with Gasteiger partial charge in [-0.05, 0) is 47.4 Å². The van der Waals surface area contributed by atoms with Crippen molar-refractivity contribution >= 4 is 62.3 Å². The fraction of sp³-hybridized carbons (Fsp3) is 0.323. The molecule has 34 heavy (non-hydrogen) atoms. The molecule has 3 heteroatoms. The molecule has 172 valence electrons. The molecule has 0 saturated carbocycles. The van der Waals surface area contributed by atoms with Crippen LogP contribution in [0.5, 0.6) is 0 Å². The second-order valence-electron chi connectivity index (χ2n) is 12.5. The highest BCUT2D eigenvalue weighted by molar-refractivity contribution is 6.90. The predicted molar refractivity (Wildman–Crippen MR) is 151 cm³/mol. The van der Waals surface area contributed by atoms with Crippen molar-refractivity contribution in [1.82, 2.24) is 4.40 Å². The molecule has 3 heterocycles. The minimum atomic E-state index is -1.51. The Morgan fingerprint density at radius 1 is 0.824 bits per heavy atom. The Morgan fingerprint density at radius 2 is 1.56 bits per heavy atom. The molecule has 0 radical (unpaired) electrons. The minimum Gasteiger partial charge on any atom is -0.307 e. The summed E-state index contributed by atoms with van der Waals surface area (Å²) in [5.41, 5.74) is 8.41. The average Bonchev–Trinajstić information content (AvgIpc) is 3.06. The van der Waals surface area contributed by atoms with Crippen LogP contribution in [0.3, 0.4) is 0 Å². The maximum atomic E-state index is 2.57. The zero-order valence-electron chi connectivity index (χ0n) is 21.8. The van der Waals surface area contributed by atoms with Crippen LogP contribution in [0.2, 0.25) is 19.6 Å². The van der Waals surface area contributed by atoms with E-state index >= 15 is 0 Å². The Kier molecular flexibility index (Phi) is 4.34. The topological polar surface area (TPSA) is 8.29 Å². The maximum absolute atomic E-state index is 2.57. The molecule has 0 N–H and O–H groups in total. The van der Waals surface area contributed by atoms with Gasteiger partial charge in [-0.15, -0.1) is 0 Å². The van der Waals surface area contributed by atoms with E-state index in [4.69, 9.17) is 0 Å². The van der Waals surface area contributed by atoms with Gasteiger partial charge in [0.05, 0.1) is 35.4 Å². The molecule has 2 nitrogen and oxygen atoms in total. The van der Waals surface area contributed by atoms with Gasteiger partial charge in [0.1, 0.15) is 7.05 Å². The van der Waals surface area contributed by atoms with Gasteiger partial charge in [-0.2, -0.15) is 0 Å². The van der Waals surface area contributed by atoms with Crippen molar-refractivity contribution < 1.29 is 4.57 Å². The molecule has 0 aliphatic rings. The van der Waals surface area contributed by atoms with Crippen molar-refractivity contribution in [2.75, 3.05) is 0 Å². The molecule has 6 aromatic rings. The Morgan fingerprint density at radius 3 is 2.26 bits per heavy atom. The molecule has 0 aliphatic carbocycles. The highest BCUT2D eigenvalue weighted by Gasteiger charge is 2.27. The van der Waals surface area contributed by atoms with E-state index in [2.05, 4.69) is 118 Å². The van der Waals surface area contributed by atoms with Crippen LogP contribution in [0.4, 0.5) is 0 Å². The summed E-state index contributed by atoms with van der Waals surface area (Å²) in [6.07, 6.45) is 3.34. The molecule has 0 amide bonds. The van der Waals surface area contributed by atoms with E-state index in [1.807, 2.05) is 0 Å². The molecule has 3 aromatic heterocycles. The van der Waals surface area contributed by atoms with Crippen LogP contribution < -0.4 is 9.75 Å². The third-order valence-electron chi connectivity index (χ3n) is 7.50. The summed E-state index contributed by atoms with van der Waals surface area (Å²) >= 11 is 0. The van der Waals surface area contributed by atoms with E-state index in [0.29, 0.717) is 0 Å². The molecular weight excluding hydrogens is 428 g/mol. The number of nitrogens with zero attached hydrogens (tertiary/aromatic N) is 2. The van der Waals surface area contributed by atoms with E-state index in [1.165, 1.54) is 60.1 Å². The lowest BCUT2D eigenvalue weighted by atomic mass is 9.88. The third kappa shape index (κ3) is 2.96. The van der Waals surface area contributed by atoms with Crippen molar-refractivity contribution in [3.8, 4) is 0 Å². The van der Waals surface area contributed by atoms with Crippen molar-refractivity contribution in [1.29, 1.82) is 0 Å². The standard InChI is InChI=1S/C31H35N2Si/c1-19-9-11-22-21-12-10-20(18-31(2,3)4)17-25(21)33-24-13-14-26(34(6,7)8)23-15-16-32(5)30(28(23)24)27(19)29(22)33/h9-17H,18H2,1-8H3/q+1. The van der Waals surface area contributed by atoms with Gasteiger partial charge in [0, 0.05) is 16.8 Å². The lowest BCUT2D eigenvalue weighted by molar-refractivity contribution is -0.643. The molecule has 0 fully saturated rings. The molecule has 6 rings (SSSR count). The summed E-state index contributed by atoms with van der Waals surface area (Å²) in [6.45, 7) is 16.6. The summed E-state index contributed by atoms with van der Waals surface area (Å²) in [5, 5.41) is 8.48. The second kappa shape index (κ2) is 6.82. The van der Waals surface area contributed by atoms with Crippen molar-refractivity contribution in [3.63, 3.8) is 0 Å². The van der Waals surface area contributed by atoms with Crippen LogP contribution in [-0.2, 0) is 13.5 Å². The molecule has 0 atom stereocenters. The number of hydrogen-bond acceptors (Lipinski definition) is 0. The van der Waals surface area contributed by atoms with Crippen molar-refractivity contribution in [2.24, 2.45) is 12.5 Å². The van der Waals surface area contributed by atoms with Crippen LogP contribution in [0.25, 0.3) is 49.0 Å². The van der Waals surface area contributed by atoms with E-state index < -0.39 is 8.07 Å². The number of fused-ring (bicyclic) bond motifs is 5. The molecule has 3 aromatic carbocycles. The monoisotopic (exact) mass is 463 g/mol. The van der Waals surface area contributed by atoms with Crippen LogP contribution >= 0.6 is 0 Å². The smallest absolute Gasteiger partial charge is 0.224 e.